The van der Waals surface area contributed by atoms with Gasteiger partial charge in [0.2, 0.25) is 11.8 Å². The summed E-state index contributed by atoms with van der Waals surface area (Å²) in [7, 11) is 0. The van der Waals surface area contributed by atoms with Gasteiger partial charge in [-0.2, -0.15) is 0 Å². The number of ether oxygens (including phenoxy) is 1. The van der Waals surface area contributed by atoms with Crippen molar-refractivity contribution >= 4 is 33.6 Å². The molecule has 0 saturated carbocycles. The lowest BCUT2D eigenvalue weighted by atomic mass is 9.88. The number of hydrogen-bond donors (Lipinski definition) is 1. The van der Waals surface area contributed by atoms with Crippen molar-refractivity contribution in [3.8, 4) is 0 Å². The minimum atomic E-state index is -0.350. The quantitative estimate of drug-likeness (QED) is 0.691. The highest BCUT2D eigenvalue weighted by Crippen LogP contribution is 2.37. The highest BCUT2D eigenvalue weighted by atomic mass is 16.5. The fourth-order valence-corrected chi connectivity index (χ4v) is 4.55. The number of rotatable bonds is 4. The summed E-state index contributed by atoms with van der Waals surface area (Å²) in [6, 6.07) is 10.5. The highest BCUT2D eigenvalue weighted by Gasteiger charge is 2.31. The molecule has 2 fully saturated rings. The molecule has 0 aliphatic carbocycles. The van der Waals surface area contributed by atoms with Gasteiger partial charge in [0.05, 0.1) is 25.4 Å². The summed E-state index contributed by atoms with van der Waals surface area (Å²) in [6.07, 6.45) is 3.53. The third-order valence-corrected chi connectivity index (χ3v) is 6.13. The number of nitrogens with one attached hydrogen (secondary N) is 1. The van der Waals surface area contributed by atoms with Crippen LogP contribution in [-0.2, 0) is 20.7 Å². The van der Waals surface area contributed by atoms with Crippen molar-refractivity contribution in [1.82, 2.24) is 10.2 Å². The van der Waals surface area contributed by atoms with Gasteiger partial charge in [-0.1, -0.05) is 24.3 Å². The Hall–Kier alpha value is -2.70. The molecule has 3 heterocycles. The average molecular weight is 392 g/mol. The fourth-order valence-electron chi connectivity index (χ4n) is 4.55. The average Bonchev–Trinajstić information content (AvgIpc) is 3.17. The molecule has 2 aliphatic heterocycles. The Morgan fingerprint density at radius 3 is 2.76 bits per heavy atom. The molecule has 5 rings (SSSR count). The van der Waals surface area contributed by atoms with E-state index in [1.165, 1.54) is 10.9 Å². The Morgan fingerprint density at radius 1 is 1.07 bits per heavy atom. The summed E-state index contributed by atoms with van der Waals surface area (Å²) in [6.45, 7) is 4.58. The summed E-state index contributed by atoms with van der Waals surface area (Å²) in [5, 5.41) is 5.76. The van der Waals surface area contributed by atoms with Gasteiger partial charge < -0.3 is 9.15 Å². The summed E-state index contributed by atoms with van der Waals surface area (Å²) >= 11 is 0. The van der Waals surface area contributed by atoms with Gasteiger partial charge in [0, 0.05) is 37.0 Å². The minimum absolute atomic E-state index is 0.200. The van der Waals surface area contributed by atoms with E-state index in [0.717, 1.165) is 61.2 Å². The van der Waals surface area contributed by atoms with Crippen LogP contribution in [0.25, 0.3) is 21.7 Å². The first-order chi connectivity index (χ1) is 14.2. The number of imide groups is 1. The van der Waals surface area contributed by atoms with E-state index in [0.29, 0.717) is 12.8 Å². The van der Waals surface area contributed by atoms with Crippen molar-refractivity contribution in [3.05, 3.63) is 47.7 Å². The largest absolute Gasteiger partial charge is 0.464 e. The molecule has 29 heavy (non-hydrogen) atoms. The molecule has 2 aliphatic rings. The molecule has 1 atom stereocenters. The van der Waals surface area contributed by atoms with Gasteiger partial charge in [-0.25, -0.2) is 0 Å². The van der Waals surface area contributed by atoms with Crippen LogP contribution in [0.1, 0.15) is 29.9 Å². The predicted molar refractivity (Wildman–Crippen MR) is 110 cm³/mol. The van der Waals surface area contributed by atoms with Gasteiger partial charge in [-0.3, -0.25) is 19.8 Å². The SMILES string of the molecule is O=C1CC[C@@H](c2coc3ccc4c(CCN5CCOCC5)cccc4c23)C(=O)N1. The lowest BCUT2D eigenvalue weighted by Gasteiger charge is -2.26. The molecule has 6 heteroatoms. The van der Waals surface area contributed by atoms with E-state index in [-0.39, 0.29) is 17.7 Å². The fraction of sp³-hybridized carbons (Fsp3) is 0.391. The second kappa shape index (κ2) is 7.61. The zero-order chi connectivity index (χ0) is 19.8. The smallest absolute Gasteiger partial charge is 0.234 e. The predicted octanol–water partition coefficient (Wildman–Crippen LogP) is 2.98. The number of fused-ring (bicyclic) bond motifs is 3. The highest BCUT2D eigenvalue weighted by molar-refractivity contribution is 6.11. The molecular formula is C23H24N2O4. The lowest BCUT2D eigenvalue weighted by Crippen LogP contribution is -2.39. The first kappa shape index (κ1) is 18.3. The van der Waals surface area contributed by atoms with Gasteiger partial charge in [-0.05, 0) is 35.2 Å². The molecule has 0 spiro atoms. The van der Waals surface area contributed by atoms with E-state index in [9.17, 15) is 9.59 Å². The van der Waals surface area contributed by atoms with Crippen molar-refractivity contribution in [2.75, 3.05) is 32.8 Å². The van der Waals surface area contributed by atoms with Crippen LogP contribution in [0.4, 0.5) is 0 Å². The Morgan fingerprint density at radius 2 is 1.93 bits per heavy atom. The Balaban J connectivity index is 1.52. The molecule has 2 amide bonds. The van der Waals surface area contributed by atoms with Crippen LogP contribution in [0.5, 0.6) is 0 Å². The van der Waals surface area contributed by atoms with Gasteiger partial charge in [0.15, 0.2) is 0 Å². The van der Waals surface area contributed by atoms with E-state index < -0.39 is 0 Å². The first-order valence-corrected chi connectivity index (χ1v) is 10.3. The van der Waals surface area contributed by atoms with Crippen molar-refractivity contribution in [3.63, 3.8) is 0 Å². The molecule has 0 unspecified atom stereocenters. The topological polar surface area (TPSA) is 71.8 Å². The zero-order valence-corrected chi connectivity index (χ0v) is 16.3. The van der Waals surface area contributed by atoms with Crippen LogP contribution < -0.4 is 5.32 Å². The van der Waals surface area contributed by atoms with E-state index in [4.69, 9.17) is 9.15 Å². The van der Waals surface area contributed by atoms with E-state index in [1.807, 2.05) is 6.07 Å². The van der Waals surface area contributed by atoms with Crippen LogP contribution in [-0.4, -0.2) is 49.6 Å². The summed E-state index contributed by atoms with van der Waals surface area (Å²) in [5.74, 6) is -0.782. The maximum Gasteiger partial charge on any atom is 0.234 e. The first-order valence-electron chi connectivity index (χ1n) is 10.3. The third-order valence-electron chi connectivity index (χ3n) is 6.13. The monoisotopic (exact) mass is 392 g/mol. The number of amides is 2. The summed E-state index contributed by atoms with van der Waals surface area (Å²) in [4.78, 5) is 26.4. The second-order valence-corrected chi connectivity index (χ2v) is 7.85. The van der Waals surface area contributed by atoms with E-state index in [1.54, 1.807) is 6.26 Å². The summed E-state index contributed by atoms with van der Waals surface area (Å²) in [5.41, 5.74) is 2.95. The van der Waals surface area contributed by atoms with Crippen LogP contribution in [0, 0.1) is 0 Å². The molecule has 1 N–H and O–H groups in total. The van der Waals surface area contributed by atoms with Crippen LogP contribution in [0.15, 0.2) is 41.0 Å². The Labute approximate surface area is 168 Å². The number of nitrogens with zero attached hydrogens (tertiary/aromatic N) is 1. The van der Waals surface area contributed by atoms with Crippen molar-refractivity contribution in [2.24, 2.45) is 0 Å². The number of hydrogen-bond acceptors (Lipinski definition) is 5. The number of furan rings is 1. The van der Waals surface area contributed by atoms with Crippen LogP contribution in [0.3, 0.4) is 0 Å². The standard InChI is InChI=1S/C23H24N2O4/c26-21-7-5-18(23(27)24-21)19-14-29-20-6-4-16-15(2-1-3-17(16)22(19)20)8-9-25-10-12-28-13-11-25/h1-4,6,14,18H,5,7-13H2,(H,24,26,27)/t18-/m0/s1. The molecule has 0 bridgehead atoms. The number of carbonyl (C=O) groups excluding carboxylic acids is 2. The molecule has 2 aromatic carbocycles. The molecule has 6 nitrogen and oxygen atoms in total. The molecule has 150 valence electrons. The maximum absolute atomic E-state index is 12.4. The Kier molecular flexibility index (Phi) is 4.81. The van der Waals surface area contributed by atoms with Crippen LogP contribution >= 0.6 is 0 Å². The van der Waals surface area contributed by atoms with E-state index in [2.05, 4.69) is 34.5 Å². The number of carbonyl (C=O) groups is 2. The van der Waals surface area contributed by atoms with Crippen molar-refractivity contribution in [1.29, 1.82) is 0 Å². The van der Waals surface area contributed by atoms with Crippen molar-refractivity contribution in [2.45, 2.75) is 25.2 Å². The van der Waals surface area contributed by atoms with Crippen LogP contribution in [0.2, 0.25) is 0 Å². The number of piperidine rings is 1. The second-order valence-electron chi connectivity index (χ2n) is 7.85. The minimum Gasteiger partial charge on any atom is -0.464 e. The van der Waals surface area contributed by atoms with Gasteiger partial charge in [0.1, 0.15) is 5.58 Å². The third kappa shape index (κ3) is 3.43. The zero-order valence-electron chi connectivity index (χ0n) is 16.3. The molecule has 3 aromatic rings. The lowest BCUT2D eigenvalue weighted by molar-refractivity contribution is -0.134. The van der Waals surface area contributed by atoms with Crippen molar-refractivity contribution < 1.29 is 18.7 Å². The van der Waals surface area contributed by atoms with E-state index >= 15 is 0 Å². The Bertz CT molecular complexity index is 1080. The van der Waals surface area contributed by atoms with Gasteiger partial charge in [-0.15, -0.1) is 0 Å². The van der Waals surface area contributed by atoms with Gasteiger partial charge >= 0.3 is 0 Å². The molecule has 2 saturated heterocycles. The maximum atomic E-state index is 12.4. The number of morpholine rings is 1. The van der Waals surface area contributed by atoms with Gasteiger partial charge in [0.25, 0.3) is 0 Å². The summed E-state index contributed by atoms with van der Waals surface area (Å²) < 4.78 is 11.2. The molecule has 1 aromatic heterocycles. The molecular weight excluding hydrogens is 368 g/mol. The normalized spacial score (nSPS) is 21.0. The molecule has 0 radical (unpaired) electrons. The number of benzene rings is 2.